The molecule has 17 heavy (non-hydrogen) atoms. The summed E-state index contributed by atoms with van der Waals surface area (Å²) in [6, 6.07) is 0.673. The maximum absolute atomic E-state index is 11.1. The minimum absolute atomic E-state index is 0.294. The molecule has 2 heterocycles. The highest BCUT2D eigenvalue weighted by atomic mass is 16.1. The van der Waals surface area contributed by atoms with E-state index >= 15 is 0 Å². The lowest BCUT2D eigenvalue weighted by molar-refractivity contribution is -0.111. The summed E-state index contributed by atoms with van der Waals surface area (Å²) in [4.78, 5) is 13.6. The second-order valence-electron chi connectivity index (χ2n) is 5.71. The largest absolute Gasteiger partial charge is 0.313 e. The Balaban J connectivity index is 1.78. The molecular formula is C13H25BN2O. The Kier molecular flexibility index (Phi) is 5.05. The average Bonchev–Trinajstić information content (AvgIpc) is 2.96. The molecule has 0 bridgehead atoms. The van der Waals surface area contributed by atoms with Gasteiger partial charge >= 0.3 is 0 Å². The van der Waals surface area contributed by atoms with Crippen LogP contribution in [0.4, 0.5) is 0 Å². The molecule has 0 amide bonds. The Morgan fingerprint density at radius 3 is 2.94 bits per heavy atom. The van der Waals surface area contributed by atoms with Gasteiger partial charge in [0.25, 0.3) is 0 Å². The van der Waals surface area contributed by atoms with Gasteiger partial charge in [-0.15, -0.1) is 0 Å². The van der Waals surface area contributed by atoms with E-state index < -0.39 is 0 Å². The van der Waals surface area contributed by atoms with Gasteiger partial charge < -0.3 is 15.0 Å². The first-order valence-corrected chi connectivity index (χ1v) is 7.24. The highest BCUT2D eigenvalue weighted by Crippen LogP contribution is 2.27. The normalized spacial score (nSPS) is 34.2. The standard InChI is InChI=1S/C13H25BN2O/c14-5-1-3-11-7-16(8-12(11)10-17)9-13-4-2-6-15-13/h10-13,15H,1-9,14H2/t11-,12-,13?/m0/s1. The molecule has 0 saturated carbocycles. The highest BCUT2D eigenvalue weighted by Gasteiger charge is 2.33. The van der Waals surface area contributed by atoms with Crippen molar-refractivity contribution < 1.29 is 4.79 Å². The molecule has 0 radical (unpaired) electrons. The summed E-state index contributed by atoms with van der Waals surface area (Å²) in [5, 5.41) is 3.54. The van der Waals surface area contributed by atoms with Crippen LogP contribution in [0.25, 0.3) is 0 Å². The molecule has 2 aliphatic rings. The van der Waals surface area contributed by atoms with Crippen molar-refractivity contribution in [1.29, 1.82) is 0 Å². The van der Waals surface area contributed by atoms with Crippen molar-refractivity contribution in [3.05, 3.63) is 0 Å². The molecule has 4 heteroatoms. The van der Waals surface area contributed by atoms with Gasteiger partial charge in [-0.2, -0.15) is 0 Å². The van der Waals surface area contributed by atoms with Gasteiger partial charge in [0.05, 0.1) is 0 Å². The van der Waals surface area contributed by atoms with Crippen molar-refractivity contribution in [2.24, 2.45) is 11.8 Å². The number of carbonyl (C=O) groups excluding carboxylic acids is 1. The zero-order chi connectivity index (χ0) is 12.1. The van der Waals surface area contributed by atoms with Crippen molar-refractivity contribution in [2.45, 2.75) is 38.0 Å². The first kappa shape index (κ1) is 13.1. The van der Waals surface area contributed by atoms with E-state index in [1.807, 2.05) is 0 Å². The molecule has 1 N–H and O–H groups in total. The summed E-state index contributed by atoms with van der Waals surface area (Å²) >= 11 is 0. The number of hydrogen-bond donors (Lipinski definition) is 1. The Bertz CT molecular complexity index is 244. The van der Waals surface area contributed by atoms with E-state index in [1.54, 1.807) is 0 Å². The van der Waals surface area contributed by atoms with E-state index in [0.717, 1.165) is 19.6 Å². The van der Waals surface area contributed by atoms with Crippen LogP contribution in [0.15, 0.2) is 0 Å². The van der Waals surface area contributed by atoms with Crippen LogP contribution in [0.2, 0.25) is 6.32 Å². The van der Waals surface area contributed by atoms with Crippen molar-refractivity contribution in [3.63, 3.8) is 0 Å². The van der Waals surface area contributed by atoms with E-state index in [2.05, 4.69) is 18.1 Å². The van der Waals surface area contributed by atoms with Gasteiger partial charge in [-0.1, -0.05) is 12.7 Å². The Labute approximate surface area is 106 Å². The lowest BCUT2D eigenvalue weighted by Gasteiger charge is -2.20. The van der Waals surface area contributed by atoms with E-state index in [9.17, 15) is 4.79 Å². The van der Waals surface area contributed by atoms with E-state index in [1.165, 1.54) is 44.8 Å². The van der Waals surface area contributed by atoms with Crippen LogP contribution in [0.5, 0.6) is 0 Å². The zero-order valence-electron chi connectivity index (χ0n) is 11.0. The Morgan fingerprint density at radius 2 is 2.29 bits per heavy atom. The van der Waals surface area contributed by atoms with Gasteiger partial charge in [0.15, 0.2) is 0 Å². The third kappa shape index (κ3) is 3.55. The predicted molar refractivity (Wildman–Crippen MR) is 73.1 cm³/mol. The number of aldehydes is 1. The van der Waals surface area contributed by atoms with Crippen molar-refractivity contribution in [1.82, 2.24) is 10.2 Å². The highest BCUT2D eigenvalue weighted by molar-refractivity contribution is 6.08. The minimum atomic E-state index is 0.294. The fourth-order valence-corrected chi connectivity index (χ4v) is 3.29. The van der Waals surface area contributed by atoms with Crippen LogP contribution >= 0.6 is 0 Å². The molecule has 1 unspecified atom stereocenters. The second-order valence-corrected chi connectivity index (χ2v) is 5.71. The minimum Gasteiger partial charge on any atom is -0.313 e. The van der Waals surface area contributed by atoms with Crippen LogP contribution in [-0.2, 0) is 4.79 Å². The Morgan fingerprint density at radius 1 is 1.41 bits per heavy atom. The maximum Gasteiger partial charge on any atom is 0.124 e. The summed E-state index contributed by atoms with van der Waals surface area (Å²) in [6.07, 6.45) is 7.56. The Hall–Kier alpha value is -0.345. The molecule has 2 rings (SSSR count). The summed E-state index contributed by atoms with van der Waals surface area (Å²) in [6.45, 7) is 4.46. The number of nitrogens with one attached hydrogen (secondary N) is 1. The average molecular weight is 236 g/mol. The summed E-state index contributed by atoms with van der Waals surface area (Å²) in [7, 11) is 2.23. The molecule has 0 aliphatic carbocycles. The lowest BCUT2D eigenvalue weighted by Crippen LogP contribution is -2.36. The molecule has 2 aliphatic heterocycles. The molecule has 2 saturated heterocycles. The van der Waals surface area contributed by atoms with E-state index in [0.29, 0.717) is 17.9 Å². The van der Waals surface area contributed by atoms with Crippen molar-refractivity contribution in [2.75, 3.05) is 26.2 Å². The molecule has 3 atom stereocenters. The van der Waals surface area contributed by atoms with Gasteiger partial charge in [-0.25, -0.2) is 0 Å². The summed E-state index contributed by atoms with van der Waals surface area (Å²) in [5.41, 5.74) is 0. The van der Waals surface area contributed by atoms with Crippen molar-refractivity contribution in [3.8, 4) is 0 Å². The molecule has 0 aromatic heterocycles. The third-order valence-corrected chi connectivity index (χ3v) is 4.31. The van der Waals surface area contributed by atoms with E-state index in [4.69, 9.17) is 0 Å². The molecule has 2 fully saturated rings. The number of likely N-dealkylation sites (tertiary alicyclic amines) is 1. The quantitative estimate of drug-likeness (QED) is 0.532. The first-order valence-electron chi connectivity index (χ1n) is 7.24. The topological polar surface area (TPSA) is 32.3 Å². The van der Waals surface area contributed by atoms with E-state index in [-0.39, 0.29) is 0 Å². The molecular weight excluding hydrogens is 211 g/mol. The number of hydrogen-bond acceptors (Lipinski definition) is 3. The monoisotopic (exact) mass is 236 g/mol. The van der Waals surface area contributed by atoms with Crippen LogP contribution in [-0.4, -0.2) is 51.3 Å². The number of rotatable bonds is 6. The third-order valence-electron chi connectivity index (χ3n) is 4.31. The fourth-order valence-electron chi connectivity index (χ4n) is 3.29. The fraction of sp³-hybridized carbons (Fsp3) is 0.923. The second kappa shape index (κ2) is 6.55. The smallest absolute Gasteiger partial charge is 0.124 e. The predicted octanol–water partition coefficient (Wildman–Crippen LogP) is 0.317. The van der Waals surface area contributed by atoms with Gasteiger partial charge in [0.2, 0.25) is 0 Å². The SMILES string of the molecule is BCCC[C@H]1CN(CC2CCCN2)C[C@H]1C=O. The van der Waals surface area contributed by atoms with Gasteiger partial charge in [-0.3, -0.25) is 0 Å². The molecule has 0 aromatic carbocycles. The van der Waals surface area contributed by atoms with Gasteiger partial charge in [-0.05, 0) is 31.7 Å². The lowest BCUT2D eigenvalue weighted by atomic mass is 9.89. The van der Waals surface area contributed by atoms with Crippen LogP contribution in [0, 0.1) is 11.8 Å². The zero-order valence-corrected chi connectivity index (χ0v) is 11.0. The molecule has 0 spiro atoms. The molecule has 0 aromatic rings. The summed E-state index contributed by atoms with van der Waals surface area (Å²) < 4.78 is 0. The van der Waals surface area contributed by atoms with Crippen LogP contribution < -0.4 is 5.32 Å². The number of carbonyl (C=O) groups is 1. The van der Waals surface area contributed by atoms with Crippen LogP contribution in [0.3, 0.4) is 0 Å². The maximum atomic E-state index is 11.1. The van der Waals surface area contributed by atoms with Crippen LogP contribution in [0.1, 0.15) is 25.7 Å². The first-order chi connectivity index (χ1) is 8.33. The van der Waals surface area contributed by atoms with Crippen molar-refractivity contribution >= 4 is 14.1 Å². The summed E-state index contributed by atoms with van der Waals surface area (Å²) in [5.74, 6) is 0.914. The number of nitrogens with zero attached hydrogens (tertiary/aromatic N) is 1. The molecule has 96 valence electrons. The van der Waals surface area contributed by atoms with Gasteiger partial charge in [0.1, 0.15) is 14.1 Å². The van der Waals surface area contributed by atoms with Gasteiger partial charge in [0, 0.05) is 31.6 Å². The molecule has 3 nitrogen and oxygen atoms in total.